The van der Waals surface area contributed by atoms with E-state index in [-0.39, 0.29) is 11.8 Å². The number of hydrogen-bond donors (Lipinski definition) is 1. The topological polar surface area (TPSA) is 74.2 Å². The Morgan fingerprint density at radius 2 is 1.92 bits per heavy atom. The highest BCUT2D eigenvalue weighted by Gasteiger charge is 2.22. The van der Waals surface area contributed by atoms with E-state index in [2.05, 4.69) is 21.4 Å². The molecule has 2 amide bonds. The highest BCUT2D eigenvalue weighted by molar-refractivity contribution is 6.39. The minimum atomic E-state index is -0.208. The average Bonchev–Trinajstić information content (AvgIpc) is 2.64. The Bertz CT molecular complexity index is 668. The summed E-state index contributed by atoms with van der Waals surface area (Å²) in [6, 6.07) is 8.14. The average molecular weight is 344 g/mol. The van der Waals surface area contributed by atoms with Crippen LogP contribution in [0.3, 0.4) is 0 Å². The summed E-state index contributed by atoms with van der Waals surface area (Å²) in [6.45, 7) is 4.70. The molecule has 7 heteroatoms. The first-order valence-corrected chi connectivity index (χ1v) is 8.62. The molecule has 0 radical (unpaired) electrons. The third kappa shape index (κ3) is 4.64. The number of nitrogens with zero attached hydrogens (tertiary/aromatic N) is 3. The van der Waals surface area contributed by atoms with Gasteiger partial charge in [-0.15, -0.1) is 0 Å². The van der Waals surface area contributed by atoms with Crippen LogP contribution in [0.5, 0.6) is 0 Å². The number of carbonyl (C=O) groups is 2. The number of hydrazone groups is 1. The predicted octanol–water partition coefficient (Wildman–Crippen LogP) is 0.743. The molecule has 7 nitrogen and oxygen atoms in total. The third-order valence-corrected chi connectivity index (χ3v) is 4.52. The summed E-state index contributed by atoms with van der Waals surface area (Å²) in [7, 11) is 1.58. The van der Waals surface area contributed by atoms with E-state index in [0.717, 1.165) is 38.4 Å². The lowest BCUT2D eigenvalue weighted by Gasteiger charge is -2.27. The van der Waals surface area contributed by atoms with E-state index < -0.39 is 0 Å². The molecule has 0 atom stereocenters. The van der Waals surface area contributed by atoms with Crippen molar-refractivity contribution in [1.82, 2.24) is 15.2 Å². The van der Waals surface area contributed by atoms with Crippen molar-refractivity contribution in [3.63, 3.8) is 0 Å². The zero-order chi connectivity index (χ0) is 17.6. The molecule has 1 saturated heterocycles. The molecule has 1 aromatic carbocycles. The first-order chi connectivity index (χ1) is 12.1. The molecule has 2 aliphatic rings. The first-order valence-electron chi connectivity index (χ1n) is 8.62. The van der Waals surface area contributed by atoms with E-state index in [1.807, 2.05) is 18.2 Å². The van der Waals surface area contributed by atoms with Crippen molar-refractivity contribution in [1.29, 1.82) is 0 Å². The van der Waals surface area contributed by atoms with Crippen molar-refractivity contribution in [2.45, 2.75) is 25.9 Å². The van der Waals surface area contributed by atoms with Crippen molar-refractivity contribution in [3.8, 4) is 0 Å². The standard InChI is InChI=1S/C18H24N4O3/c1-21-17(23)7-6-16(20-21)18(24)19-12-14-4-2-3-5-15(14)13-22-8-10-25-11-9-22/h2-5H,6-13H2,1H3,(H,19,24). The molecule has 1 N–H and O–H groups in total. The van der Waals surface area contributed by atoms with Crippen molar-refractivity contribution < 1.29 is 14.3 Å². The van der Waals surface area contributed by atoms with Crippen LogP contribution in [0.2, 0.25) is 0 Å². The fourth-order valence-corrected chi connectivity index (χ4v) is 2.99. The van der Waals surface area contributed by atoms with Crippen molar-refractivity contribution >= 4 is 17.5 Å². The van der Waals surface area contributed by atoms with Crippen LogP contribution in [-0.4, -0.2) is 60.8 Å². The highest BCUT2D eigenvalue weighted by atomic mass is 16.5. The number of ether oxygens (including phenoxy) is 1. The molecule has 1 fully saturated rings. The van der Waals surface area contributed by atoms with Gasteiger partial charge in [-0.2, -0.15) is 5.10 Å². The number of hydrogen-bond acceptors (Lipinski definition) is 5. The van der Waals surface area contributed by atoms with Crippen LogP contribution in [-0.2, 0) is 27.4 Å². The molecule has 2 aliphatic heterocycles. The molecule has 3 rings (SSSR count). The second-order valence-electron chi connectivity index (χ2n) is 6.30. The normalized spacial score (nSPS) is 18.8. The summed E-state index contributed by atoms with van der Waals surface area (Å²) >= 11 is 0. The Balaban J connectivity index is 1.60. The van der Waals surface area contributed by atoms with Gasteiger partial charge in [0.25, 0.3) is 5.91 Å². The molecule has 0 aliphatic carbocycles. The molecule has 25 heavy (non-hydrogen) atoms. The zero-order valence-corrected chi connectivity index (χ0v) is 14.5. The Hall–Kier alpha value is -2.25. The van der Waals surface area contributed by atoms with E-state index in [9.17, 15) is 9.59 Å². The second-order valence-corrected chi connectivity index (χ2v) is 6.30. The lowest BCUT2D eigenvalue weighted by atomic mass is 10.1. The molecular formula is C18H24N4O3. The van der Waals surface area contributed by atoms with Crippen LogP contribution < -0.4 is 5.32 Å². The van der Waals surface area contributed by atoms with Gasteiger partial charge < -0.3 is 10.1 Å². The number of benzene rings is 1. The Kier molecular flexibility index (Phi) is 5.78. The molecule has 0 bridgehead atoms. The molecule has 0 aromatic heterocycles. The van der Waals surface area contributed by atoms with Gasteiger partial charge in [0.05, 0.1) is 13.2 Å². The second kappa shape index (κ2) is 8.22. The van der Waals surface area contributed by atoms with Gasteiger partial charge in [-0.05, 0) is 11.1 Å². The molecule has 0 spiro atoms. The summed E-state index contributed by atoms with van der Waals surface area (Å²) in [4.78, 5) is 26.1. The van der Waals surface area contributed by atoms with Gasteiger partial charge in [-0.3, -0.25) is 14.5 Å². The number of nitrogens with one attached hydrogen (secondary N) is 1. The fourth-order valence-electron chi connectivity index (χ4n) is 2.99. The minimum Gasteiger partial charge on any atom is -0.379 e. The molecule has 1 aromatic rings. The van der Waals surface area contributed by atoms with E-state index in [0.29, 0.717) is 25.1 Å². The van der Waals surface area contributed by atoms with Crippen LogP contribution in [0, 0.1) is 0 Å². The van der Waals surface area contributed by atoms with E-state index in [1.54, 1.807) is 7.05 Å². The summed E-state index contributed by atoms with van der Waals surface area (Å²) in [6.07, 6.45) is 0.723. The molecule has 0 saturated carbocycles. The van der Waals surface area contributed by atoms with E-state index in [1.165, 1.54) is 10.6 Å². The number of rotatable bonds is 5. The minimum absolute atomic E-state index is 0.0626. The Morgan fingerprint density at radius 1 is 1.20 bits per heavy atom. The summed E-state index contributed by atoms with van der Waals surface area (Å²) in [5.74, 6) is -0.270. The Morgan fingerprint density at radius 3 is 2.64 bits per heavy atom. The molecule has 2 heterocycles. The Labute approximate surface area is 147 Å². The van der Waals surface area contributed by atoms with Crippen molar-refractivity contribution in [2.24, 2.45) is 5.10 Å². The van der Waals surface area contributed by atoms with Crippen LogP contribution in [0.25, 0.3) is 0 Å². The van der Waals surface area contributed by atoms with Gasteiger partial charge in [0.2, 0.25) is 5.91 Å². The van der Waals surface area contributed by atoms with E-state index >= 15 is 0 Å². The maximum absolute atomic E-state index is 12.3. The van der Waals surface area contributed by atoms with Gasteiger partial charge in [0.1, 0.15) is 5.71 Å². The lowest BCUT2D eigenvalue weighted by molar-refractivity contribution is -0.130. The monoisotopic (exact) mass is 344 g/mol. The predicted molar refractivity (Wildman–Crippen MR) is 93.8 cm³/mol. The first kappa shape index (κ1) is 17.6. The van der Waals surface area contributed by atoms with Gasteiger partial charge in [-0.1, -0.05) is 24.3 Å². The number of morpholine rings is 1. The molecular weight excluding hydrogens is 320 g/mol. The summed E-state index contributed by atoms with van der Waals surface area (Å²) in [5.41, 5.74) is 2.72. The third-order valence-electron chi connectivity index (χ3n) is 4.52. The maximum atomic E-state index is 12.3. The lowest BCUT2D eigenvalue weighted by Crippen LogP contribution is -2.38. The summed E-state index contributed by atoms with van der Waals surface area (Å²) in [5, 5.41) is 8.23. The zero-order valence-electron chi connectivity index (χ0n) is 14.5. The van der Waals surface area contributed by atoms with E-state index in [4.69, 9.17) is 4.74 Å². The maximum Gasteiger partial charge on any atom is 0.267 e. The fraction of sp³-hybridized carbons (Fsp3) is 0.500. The quantitative estimate of drug-likeness (QED) is 0.855. The van der Waals surface area contributed by atoms with Gasteiger partial charge in [0, 0.05) is 46.1 Å². The SMILES string of the molecule is CN1N=C(C(=O)NCc2ccccc2CN2CCOCC2)CCC1=O. The van der Waals surface area contributed by atoms with Crippen LogP contribution in [0.1, 0.15) is 24.0 Å². The largest absolute Gasteiger partial charge is 0.379 e. The number of carbonyl (C=O) groups excluding carboxylic acids is 2. The van der Waals surface area contributed by atoms with Gasteiger partial charge >= 0.3 is 0 Å². The smallest absolute Gasteiger partial charge is 0.267 e. The van der Waals surface area contributed by atoms with Crippen molar-refractivity contribution in [3.05, 3.63) is 35.4 Å². The van der Waals surface area contributed by atoms with Gasteiger partial charge in [0.15, 0.2) is 0 Å². The van der Waals surface area contributed by atoms with Crippen LogP contribution in [0.4, 0.5) is 0 Å². The molecule has 134 valence electrons. The van der Waals surface area contributed by atoms with Gasteiger partial charge in [-0.25, -0.2) is 5.01 Å². The number of amides is 2. The van der Waals surface area contributed by atoms with Crippen LogP contribution in [0.15, 0.2) is 29.4 Å². The van der Waals surface area contributed by atoms with Crippen molar-refractivity contribution in [2.75, 3.05) is 33.4 Å². The summed E-state index contributed by atoms with van der Waals surface area (Å²) < 4.78 is 5.39. The molecule has 0 unspecified atom stereocenters. The van der Waals surface area contributed by atoms with Crippen LogP contribution >= 0.6 is 0 Å². The highest BCUT2D eigenvalue weighted by Crippen LogP contribution is 2.13.